The smallest absolute Gasteiger partial charge is 0.410 e. The van der Waals surface area contributed by atoms with Crippen LogP contribution in [-0.4, -0.2) is 39.5 Å². The van der Waals surface area contributed by atoms with E-state index < -0.39 is 5.60 Å². The van der Waals surface area contributed by atoms with Crippen LogP contribution in [0.2, 0.25) is 0 Å². The molecule has 1 fully saturated rings. The summed E-state index contributed by atoms with van der Waals surface area (Å²) in [5.41, 5.74) is 1.96. The Kier molecular flexibility index (Phi) is 14.5. The Hall–Kier alpha value is -1.78. The molecule has 1 aromatic rings. The summed E-state index contributed by atoms with van der Waals surface area (Å²) in [4.78, 5) is 13.7. The number of aryl methyl sites for hydroxylation is 1. The van der Waals surface area contributed by atoms with E-state index in [1.807, 2.05) is 73.2 Å². The molecule has 158 valence electrons. The molecule has 1 saturated heterocycles. The van der Waals surface area contributed by atoms with Crippen molar-refractivity contribution in [1.82, 2.24) is 14.7 Å². The minimum atomic E-state index is -0.434. The van der Waals surface area contributed by atoms with Gasteiger partial charge in [-0.25, -0.2) is 4.79 Å². The van der Waals surface area contributed by atoms with E-state index in [-0.39, 0.29) is 12.1 Å². The maximum atomic E-state index is 12.0. The monoisotopic (exact) mass is 381 g/mol. The third kappa shape index (κ3) is 12.3. The maximum Gasteiger partial charge on any atom is 0.410 e. The van der Waals surface area contributed by atoms with Crippen molar-refractivity contribution in [2.24, 2.45) is 0 Å². The molecule has 1 atom stereocenters. The van der Waals surface area contributed by atoms with Crippen molar-refractivity contribution >= 4 is 6.09 Å². The third-order valence-corrected chi connectivity index (χ3v) is 3.25. The molecule has 0 spiro atoms. The van der Waals surface area contributed by atoms with Gasteiger partial charge >= 0.3 is 6.09 Å². The Morgan fingerprint density at radius 1 is 1.26 bits per heavy atom. The van der Waals surface area contributed by atoms with Crippen molar-refractivity contribution in [2.45, 2.75) is 93.7 Å². The van der Waals surface area contributed by atoms with E-state index in [0.29, 0.717) is 6.54 Å². The van der Waals surface area contributed by atoms with E-state index in [1.54, 1.807) is 4.90 Å². The van der Waals surface area contributed by atoms with E-state index in [2.05, 4.69) is 24.8 Å². The van der Waals surface area contributed by atoms with E-state index in [0.717, 1.165) is 19.4 Å². The van der Waals surface area contributed by atoms with Crippen molar-refractivity contribution < 1.29 is 9.53 Å². The average molecular weight is 382 g/mol. The minimum Gasteiger partial charge on any atom is -0.444 e. The number of rotatable bonds is 2. The average Bonchev–Trinajstić information content (AvgIpc) is 3.25. The Morgan fingerprint density at radius 2 is 1.78 bits per heavy atom. The molecule has 0 aromatic carbocycles. The number of likely N-dealkylation sites (tertiary alicyclic amines) is 1. The first-order valence-corrected chi connectivity index (χ1v) is 10.3. The summed E-state index contributed by atoms with van der Waals surface area (Å²) in [6, 6.07) is 0.271. The number of nitrogens with zero attached hydrogens (tertiary/aromatic N) is 3. The number of aromatic nitrogens is 2. The number of ether oxygens (including phenoxy) is 1. The van der Waals surface area contributed by atoms with Crippen LogP contribution in [0, 0.1) is 0 Å². The molecule has 1 aliphatic rings. The van der Waals surface area contributed by atoms with Crippen LogP contribution in [0.4, 0.5) is 4.79 Å². The molecule has 1 aromatic heterocycles. The summed E-state index contributed by atoms with van der Waals surface area (Å²) in [6.07, 6.45) is 5.67. The van der Waals surface area contributed by atoms with Crippen LogP contribution in [0.1, 0.15) is 87.3 Å². The summed E-state index contributed by atoms with van der Waals surface area (Å²) < 4.78 is 7.36. The highest BCUT2D eigenvalue weighted by atomic mass is 16.6. The predicted octanol–water partition coefficient (Wildman–Crippen LogP) is 6.26. The molecule has 5 nitrogen and oxygen atoms in total. The first-order chi connectivity index (χ1) is 12.6. The van der Waals surface area contributed by atoms with Crippen molar-refractivity contribution in [3.8, 4) is 0 Å². The van der Waals surface area contributed by atoms with Crippen LogP contribution in [0.25, 0.3) is 0 Å². The van der Waals surface area contributed by atoms with Crippen molar-refractivity contribution in [1.29, 1.82) is 0 Å². The number of carbonyl (C=O) groups excluding carboxylic acids is 1. The Balaban J connectivity index is 0. The Bertz CT molecular complexity index is 526. The van der Waals surface area contributed by atoms with E-state index in [4.69, 9.17) is 4.74 Å². The van der Waals surface area contributed by atoms with Gasteiger partial charge in [0.1, 0.15) is 5.60 Å². The highest BCUT2D eigenvalue weighted by Gasteiger charge is 2.30. The van der Waals surface area contributed by atoms with Gasteiger partial charge in [-0.05, 0) is 53.0 Å². The molecule has 0 radical (unpaired) electrons. The maximum absolute atomic E-state index is 12.0. The number of allylic oxidation sites excluding steroid dienone is 1. The second-order valence-corrected chi connectivity index (χ2v) is 7.26. The van der Waals surface area contributed by atoms with E-state index in [9.17, 15) is 4.79 Å². The fourth-order valence-electron chi connectivity index (χ4n) is 2.21. The molecule has 2 rings (SSSR count). The largest absolute Gasteiger partial charge is 0.444 e. The number of carbonyl (C=O) groups is 1. The van der Waals surface area contributed by atoms with Gasteiger partial charge in [0.15, 0.2) is 0 Å². The molecule has 0 aliphatic carbocycles. The van der Waals surface area contributed by atoms with Crippen LogP contribution in [0.15, 0.2) is 24.5 Å². The van der Waals surface area contributed by atoms with E-state index in [1.165, 1.54) is 11.1 Å². The molecule has 5 heteroatoms. The molecule has 0 bridgehead atoms. The Labute approximate surface area is 167 Å². The molecule has 1 aliphatic heterocycles. The normalized spacial score (nSPS) is 15.3. The molecule has 1 amide bonds. The van der Waals surface area contributed by atoms with Gasteiger partial charge in [0.2, 0.25) is 0 Å². The van der Waals surface area contributed by atoms with Gasteiger partial charge in [0.05, 0.1) is 12.2 Å². The standard InChI is InChI=1S/C14H23N3O2.C4H8.2C2H6/c1-5-11-8-15-17(9-11)12-6-7-16(10-12)13(18)19-14(2,3)4;1-4(2)3;2*1-2/h8-9,12H,5-7,10H2,1-4H3;1H2,2-3H3;2*1-2H3. The van der Waals surface area contributed by atoms with Crippen molar-refractivity contribution in [3.63, 3.8) is 0 Å². The molecular formula is C22H43N3O2. The van der Waals surface area contributed by atoms with Gasteiger partial charge in [0, 0.05) is 19.3 Å². The zero-order valence-corrected chi connectivity index (χ0v) is 19.4. The summed E-state index contributed by atoms with van der Waals surface area (Å²) in [5, 5.41) is 4.38. The van der Waals surface area contributed by atoms with Gasteiger partial charge in [-0.1, -0.05) is 40.2 Å². The van der Waals surface area contributed by atoms with Gasteiger partial charge in [0.25, 0.3) is 0 Å². The lowest BCUT2D eigenvalue weighted by Gasteiger charge is -2.24. The first-order valence-electron chi connectivity index (χ1n) is 10.3. The second kappa shape index (κ2) is 14.3. The lowest BCUT2D eigenvalue weighted by atomic mass is 10.2. The lowest BCUT2D eigenvalue weighted by Crippen LogP contribution is -2.35. The lowest BCUT2D eigenvalue weighted by molar-refractivity contribution is 0.0288. The third-order valence-electron chi connectivity index (χ3n) is 3.25. The fourth-order valence-corrected chi connectivity index (χ4v) is 2.21. The number of amides is 1. The van der Waals surface area contributed by atoms with Crippen LogP contribution >= 0.6 is 0 Å². The first kappa shape index (κ1) is 27.4. The fraction of sp³-hybridized carbons (Fsp3) is 0.727. The summed E-state index contributed by atoms with van der Waals surface area (Å²) in [5.74, 6) is 0. The summed E-state index contributed by atoms with van der Waals surface area (Å²) in [6.45, 7) is 24.7. The number of hydrogen-bond donors (Lipinski definition) is 0. The van der Waals surface area contributed by atoms with Crippen LogP contribution in [0.5, 0.6) is 0 Å². The Morgan fingerprint density at radius 3 is 2.19 bits per heavy atom. The SMILES string of the molecule is C=C(C)C.CC.CC.CCc1cnn(C2CCN(C(=O)OC(C)(C)C)C2)c1. The van der Waals surface area contributed by atoms with Crippen LogP contribution < -0.4 is 0 Å². The van der Waals surface area contributed by atoms with Crippen LogP contribution in [0.3, 0.4) is 0 Å². The topological polar surface area (TPSA) is 47.4 Å². The van der Waals surface area contributed by atoms with Crippen molar-refractivity contribution in [3.05, 3.63) is 30.1 Å². The van der Waals surface area contributed by atoms with Gasteiger partial charge in [-0.15, -0.1) is 6.58 Å². The second-order valence-electron chi connectivity index (χ2n) is 7.26. The molecule has 1 unspecified atom stereocenters. The van der Waals surface area contributed by atoms with E-state index >= 15 is 0 Å². The quantitative estimate of drug-likeness (QED) is 0.568. The molecule has 0 N–H and O–H groups in total. The molecule has 27 heavy (non-hydrogen) atoms. The van der Waals surface area contributed by atoms with Crippen molar-refractivity contribution in [2.75, 3.05) is 13.1 Å². The minimum absolute atomic E-state index is 0.224. The molecular weight excluding hydrogens is 338 g/mol. The van der Waals surface area contributed by atoms with Gasteiger partial charge in [-0.3, -0.25) is 4.68 Å². The molecule has 2 heterocycles. The van der Waals surface area contributed by atoms with Gasteiger partial charge < -0.3 is 9.64 Å². The summed E-state index contributed by atoms with van der Waals surface area (Å²) >= 11 is 0. The summed E-state index contributed by atoms with van der Waals surface area (Å²) in [7, 11) is 0. The number of hydrogen-bond acceptors (Lipinski definition) is 3. The highest BCUT2D eigenvalue weighted by Crippen LogP contribution is 2.23. The zero-order valence-electron chi connectivity index (χ0n) is 19.4. The van der Waals surface area contributed by atoms with Crippen LogP contribution in [-0.2, 0) is 11.2 Å². The molecule has 0 saturated carbocycles. The zero-order chi connectivity index (χ0) is 21.6. The highest BCUT2D eigenvalue weighted by molar-refractivity contribution is 5.68. The predicted molar refractivity (Wildman–Crippen MR) is 116 cm³/mol. The van der Waals surface area contributed by atoms with Gasteiger partial charge in [-0.2, -0.15) is 5.10 Å².